The Labute approximate surface area is 243 Å². The van der Waals surface area contributed by atoms with E-state index in [0.29, 0.717) is 67.1 Å². The van der Waals surface area contributed by atoms with Gasteiger partial charge in [-0.15, -0.1) is 5.10 Å². The van der Waals surface area contributed by atoms with Gasteiger partial charge in [0.25, 0.3) is 0 Å². The molecule has 11 nitrogen and oxygen atoms in total. The lowest BCUT2D eigenvalue weighted by atomic mass is 9.92. The molecule has 1 amide bonds. The number of fused-ring (bicyclic) bond motifs is 1. The normalized spacial score (nSPS) is 22.4. The Balaban J connectivity index is 1.17. The molecule has 3 aliphatic heterocycles. The summed E-state index contributed by atoms with van der Waals surface area (Å²) >= 11 is 6.13. The van der Waals surface area contributed by atoms with E-state index < -0.39 is 17.7 Å². The number of halogens is 3. The number of aliphatic hydroxyl groups is 1. The highest BCUT2D eigenvalue weighted by molar-refractivity contribution is 6.31. The number of hydrogen-bond donors (Lipinski definition) is 2. The number of tetrazole rings is 1. The molecule has 0 spiro atoms. The molecule has 2 fully saturated rings. The van der Waals surface area contributed by atoms with Crippen LogP contribution in [0.5, 0.6) is 0 Å². The lowest BCUT2D eigenvalue weighted by Gasteiger charge is -2.33. The van der Waals surface area contributed by atoms with Crippen molar-refractivity contribution in [3.63, 3.8) is 0 Å². The van der Waals surface area contributed by atoms with Crippen LogP contribution in [0.25, 0.3) is 22.5 Å². The Morgan fingerprint density at radius 3 is 2.79 bits per heavy atom. The van der Waals surface area contributed by atoms with Gasteiger partial charge < -0.3 is 19.9 Å². The van der Waals surface area contributed by atoms with E-state index in [-0.39, 0.29) is 34.4 Å². The molecule has 4 aromatic rings. The first-order valence-electron chi connectivity index (χ1n) is 13.8. The summed E-state index contributed by atoms with van der Waals surface area (Å²) in [6.07, 6.45) is 8.54. The number of rotatable bonds is 5. The first-order chi connectivity index (χ1) is 20.4. The van der Waals surface area contributed by atoms with Gasteiger partial charge in [-0.1, -0.05) is 11.6 Å². The lowest BCUT2D eigenvalue weighted by Crippen LogP contribution is -2.39. The molecule has 3 aromatic heterocycles. The Bertz CT molecular complexity index is 1690. The van der Waals surface area contributed by atoms with Crippen LogP contribution >= 0.6 is 11.6 Å². The number of nitrogens with zero attached hydrogens (tertiary/aromatic N) is 8. The summed E-state index contributed by atoms with van der Waals surface area (Å²) in [5.41, 5.74) is 1.88. The predicted octanol–water partition coefficient (Wildman–Crippen LogP) is 3.86. The summed E-state index contributed by atoms with van der Waals surface area (Å²) in [6, 6.07) is 4.09. The molecule has 3 atom stereocenters. The summed E-state index contributed by atoms with van der Waals surface area (Å²) in [5.74, 6) is -0.659. The molecule has 0 bridgehead atoms. The van der Waals surface area contributed by atoms with Crippen molar-refractivity contribution in [2.24, 2.45) is 0 Å². The molecule has 1 aromatic carbocycles. The number of piperidine rings is 1. The van der Waals surface area contributed by atoms with Crippen molar-refractivity contribution in [3.8, 4) is 16.9 Å². The molecular weight excluding hydrogens is 568 g/mol. The molecule has 0 saturated carbocycles. The van der Waals surface area contributed by atoms with E-state index in [2.05, 4.69) is 30.5 Å². The van der Waals surface area contributed by atoms with Crippen molar-refractivity contribution >= 4 is 28.9 Å². The fraction of sp³-hybridized carbons (Fsp3) is 0.357. The highest BCUT2D eigenvalue weighted by Crippen LogP contribution is 2.44. The predicted molar refractivity (Wildman–Crippen MR) is 149 cm³/mol. The SMILES string of the molecule is O=C1C=C(c2c(-n3cnnn3)ccc(Cl)c2F)C[C@@H]2CC[C@H](c3ncc(-c4ccnc(N5CCC[C@@H](O)C5)c4F)[nH]3)N12. The van der Waals surface area contributed by atoms with E-state index >= 15 is 8.78 Å². The molecular formula is C28H26ClF2N9O2. The average molecular weight is 594 g/mol. The van der Waals surface area contributed by atoms with E-state index in [4.69, 9.17) is 11.6 Å². The minimum atomic E-state index is -0.639. The first kappa shape index (κ1) is 26.7. The molecule has 216 valence electrons. The number of hydrogen-bond acceptors (Lipinski definition) is 8. The molecule has 0 unspecified atom stereocenters. The number of pyridine rings is 1. The number of H-pyrrole nitrogens is 1. The zero-order chi connectivity index (χ0) is 29.0. The van der Waals surface area contributed by atoms with Gasteiger partial charge in [-0.2, -0.15) is 4.68 Å². The first-order valence-corrected chi connectivity index (χ1v) is 14.1. The lowest BCUT2D eigenvalue weighted by molar-refractivity contribution is -0.129. The molecule has 3 aliphatic rings. The minimum Gasteiger partial charge on any atom is -0.391 e. The number of β-amino-alcohol motifs (C(OH)–C–C–N with tert-alkyl or cyclic N) is 1. The smallest absolute Gasteiger partial charge is 0.247 e. The van der Waals surface area contributed by atoms with Crippen LogP contribution in [0.15, 0.2) is 43.0 Å². The molecule has 42 heavy (non-hydrogen) atoms. The topological polar surface area (TPSA) is 129 Å². The van der Waals surface area contributed by atoms with Gasteiger partial charge in [0.1, 0.15) is 12.2 Å². The Morgan fingerprint density at radius 2 is 1.98 bits per heavy atom. The van der Waals surface area contributed by atoms with Gasteiger partial charge in [-0.25, -0.2) is 18.7 Å². The number of anilines is 1. The zero-order valence-corrected chi connectivity index (χ0v) is 23.0. The van der Waals surface area contributed by atoms with Crippen LogP contribution in [0, 0.1) is 11.6 Å². The summed E-state index contributed by atoms with van der Waals surface area (Å²) in [6.45, 7) is 0.943. The van der Waals surface area contributed by atoms with Gasteiger partial charge in [-0.05, 0) is 66.3 Å². The van der Waals surface area contributed by atoms with Crippen LogP contribution in [0.2, 0.25) is 5.02 Å². The maximum absolute atomic E-state index is 15.6. The van der Waals surface area contributed by atoms with Crippen LogP contribution in [-0.4, -0.2) is 76.3 Å². The minimum absolute atomic E-state index is 0.0621. The number of benzene rings is 1. The number of aromatic nitrogens is 7. The molecule has 6 heterocycles. The molecule has 2 saturated heterocycles. The number of aromatic amines is 1. The van der Waals surface area contributed by atoms with Crippen LogP contribution < -0.4 is 4.90 Å². The highest BCUT2D eigenvalue weighted by atomic mass is 35.5. The van der Waals surface area contributed by atoms with Gasteiger partial charge in [0, 0.05) is 42.5 Å². The van der Waals surface area contributed by atoms with Crippen LogP contribution in [0.1, 0.15) is 49.5 Å². The highest BCUT2D eigenvalue weighted by Gasteiger charge is 2.42. The van der Waals surface area contributed by atoms with Gasteiger partial charge >= 0.3 is 0 Å². The second-order valence-electron chi connectivity index (χ2n) is 10.8. The number of carbonyl (C=O) groups is 1. The average Bonchev–Trinajstić information content (AvgIpc) is 3.76. The standard InChI is InChI=1S/C28H26ClF2N9O2/c29-19-4-6-21(39-14-34-36-37-39)24(26(19)31)15-10-16-3-5-22(40(16)23(42)11-15)27-33-12-20(35-27)18-7-8-32-28(25(18)30)38-9-1-2-17(41)13-38/h4,6-8,11-12,14,16-17,22,41H,1-3,5,9-10,13H2,(H,33,35)/t16-,17+,22+/m0/s1. The quantitative estimate of drug-likeness (QED) is 0.357. The third kappa shape index (κ3) is 4.52. The number of imidazole rings is 1. The molecule has 2 N–H and O–H groups in total. The summed E-state index contributed by atoms with van der Waals surface area (Å²) < 4.78 is 32.3. The summed E-state index contributed by atoms with van der Waals surface area (Å²) in [4.78, 5) is 29.0. The second-order valence-corrected chi connectivity index (χ2v) is 11.2. The van der Waals surface area contributed by atoms with Crippen molar-refractivity contribution in [2.75, 3.05) is 18.0 Å². The Hall–Kier alpha value is -4.23. The van der Waals surface area contributed by atoms with Crippen molar-refractivity contribution in [1.29, 1.82) is 0 Å². The third-order valence-electron chi connectivity index (χ3n) is 8.27. The zero-order valence-electron chi connectivity index (χ0n) is 22.3. The Morgan fingerprint density at radius 1 is 1.10 bits per heavy atom. The maximum atomic E-state index is 15.6. The number of nitrogens with one attached hydrogen (secondary N) is 1. The molecule has 7 rings (SSSR count). The summed E-state index contributed by atoms with van der Waals surface area (Å²) in [5, 5.41) is 21.2. The largest absolute Gasteiger partial charge is 0.391 e. The Kier molecular flexibility index (Phi) is 6.70. The van der Waals surface area contributed by atoms with Gasteiger partial charge in [0.15, 0.2) is 17.5 Å². The number of amides is 1. The van der Waals surface area contributed by atoms with E-state index in [1.807, 2.05) is 0 Å². The fourth-order valence-electron chi connectivity index (χ4n) is 6.36. The van der Waals surface area contributed by atoms with Gasteiger partial charge in [0.2, 0.25) is 5.91 Å². The van der Waals surface area contributed by atoms with Gasteiger partial charge in [0.05, 0.1) is 34.7 Å². The van der Waals surface area contributed by atoms with Crippen molar-refractivity contribution < 1.29 is 18.7 Å². The van der Waals surface area contributed by atoms with Crippen LogP contribution in [0.4, 0.5) is 14.6 Å². The van der Waals surface area contributed by atoms with Gasteiger partial charge in [-0.3, -0.25) is 4.79 Å². The van der Waals surface area contributed by atoms with Crippen LogP contribution in [-0.2, 0) is 4.79 Å². The fourth-order valence-corrected chi connectivity index (χ4v) is 6.51. The van der Waals surface area contributed by atoms with E-state index in [9.17, 15) is 9.90 Å². The summed E-state index contributed by atoms with van der Waals surface area (Å²) in [7, 11) is 0. The monoisotopic (exact) mass is 593 g/mol. The van der Waals surface area contributed by atoms with E-state index in [1.54, 1.807) is 34.3 Å². The van der Waals surface area contributed by atoms with E-state index in [1.165, 1.54) is 23.2 Å². The molecule has 0 radical (unpaired) electrons. The maximum Gasteiger partial charge on any atom is 0.247 e. The van der Waals surface area contributed by atoms with Crippen molar-refractivity contribution in [3.05, 3.63) is 71.0 Å². The molecule has 14 heteroatoms. The van der Waals surface area contributed by atoms with Crippen molar-refractivity contribution in [2.45, 2.75) is 50.3 Å². The third-order valence-corrected chi connectivity index (χ3v) is 8.56. The molecule has 0 aliphatic carbocycles. The van der Waals surface area contributed by atoms with Crippen molar-refractivity contribution in [1.82, 2.24) is 40.1 Å². The number of aliphatic hydroxyl groups excluding tert-OH is 1. The number of carbonyl (C=O) groups excluding carboxylic acids is 1. The van der Waals surface area contributed by atoms with Crippen LogP contribution in [0.3, 0.4) is 0 Å². The van der Waals surface area contributed by atoms with E-state index in [0.717, 1.165) is 6.42 Å². The second kappa shape index (κ2) is 10.6.